The van der Waals surface area contributed by atoms with E-state index in [0.29, 0.717) is 0 Å². The van der Waals surface area contributed by atoms with Crippen molar-refractivity contribution in [2.75, 3.05) is 7.11 Å². The van der Waals surface area contributed by atoms with Crippen LogP contribution in [0, 0.1) is 0 Å². The molecule has 0 unspecified atom stereocenters. The molecule has 1 aromatic heterocycles. The molecule has 0 N–H and O–H groups in total. The van der Waals surface area contributed by atoms with Crippen LogP contribution in [0.25, 0.3) is 10.8 Å². The van der Waals surface area contributed by atoms with E-state index in [9.17, 15) is 4.79 Å². The highest BCUT2D eigenvalue weighted by atomic mass is 16.5. The van der Waals surface area contributed by atoms with Gasteiger partial charge in [-0.1, -0.05) is 24.3 Å². The van der Waals surface area contributed by atoms with Crippen LogP contribution in [0.3, 0.4) is 0 Å². The Morgan fingerprint density at radius 1 is 1.33 bits per heavy atom. The average molecular weight is 201 g/mol. The molecule has 3 heteroatoms. The summed E-state index contributed by atoms with van der Waals surface area (Å²) in [6.45, 7) is 0. The van der Waals surface area contributed by atoms with Crippen LogP contribution < -0.4 is 0 Å². The lowest BCUT2D eigenvalue weighted by molar-refractivity contribution is -0.139. The molecule has 0 bridgehead atoms. The first kappa shape index (κ1) is 9.65. The van der Waals surface area contributed by atoms with E-state index in [0.717, 1.165) is 16.3 Å². The Morgan fingerprint density at radius 2 is 2.13 bits per heavy atom. The number of esters is 1. The first-order valence-electron chi connectivity index (χ1n) is 4.69. The van der Waals surface area contributed by atoms with Crippen molar-refractivity contribution in [1.82, 2.24) is 4.98 Å². The second-order valence-corrected chi connectivity index (χ2v) is 3.27. The van der Waals surface area contributed by atoms with Gasteiger partial charge in [-0.3, -0.25) is 9.78 Å². The fraction of sp³-hybridized carbons (Fsp3) is 0.167. The Kier molecular flexibility index (Phi) is 2.63. The summed E-state index contributed by atoms with van der Waals surface area (Å²) in [5.74, 6) is -0.242. The molecule has 2 aromatic rings. The van der Waals surface area contributed by atoms with Gasteiger partial charge in [-0.25, -0.2) is 0 Å². The lowest BCUT2D eigenvalue weighted by Crippen LogP contribution is -2.05. The Bertz CT molecular complexity index is 488. The number of pyridine rings is 1. The van der Waals surface area contributed by atoms with Crippen molar-refractivity contribution < 1.29 is 9.53 Å². The molecule has 0 radical (unpaired) electrons. The third kappa shape index (κ3) is 1.96. The molecule has 0 aliphatic heterocycles. The number of nitrogens with zero attached hydrogens (tertiary/aromatic N) is 1. The first-order chi connectivity index (χ1) is 7.31. The normalized spacial score (nSPS) is 10.2. The highest BCUT2D eigenvalue weighted by molar-refractivity contribution is 5.88. The number of fused-ring (bicyclic) bond motifs is 1. The first-order valence-corrected chi connectivity index (χ1v) is 4.69. The molecule has 76 valence electrons. The maximum Gasteiger partial charge on any atom is 0.310 e. The average Bonchev–Trinajstić information content (AvgIpc) is 2.29. The molecule has 3 nitrogen and oxygen atoms in total. The van der Waals surface area contributed by atoms with Crippen LogP contribution in [0.15, 0.2) is 36.7 Å². The summed E-state index contributed by atoms with van der Waals surface area (Å²) in [5, 5.41) is 2.09. The van der Waals surface area contributed by atoms with Crippen molar-refractivity contribution >= 4 is 16.7 Å². The van der Waals surface area contributed by atoms with Gasteiger partial charge in [0.2, 0.25) is 0 Å². The molecule has 1 heterocycles. The van der Waals surface area contributed by atoms with E-state index in [-0.39, 0.29) is 12.4 Å². The smallest absolute Gasteiger partial charge is 0.310 e. The van der Waals surface area contributed by atoms with Gasteiger partial charge in [-0.05, 0) is 10.9 Å². The molecule has 0 saturated heterocycles. The van der Waals surface area contributed by atoms with E-state index in [1.54, 1.807) is 12.4 Å². The number of carbonyl (C=O) groups is 1. The van der Waals surface area contributed by atoms with E-state index in [1.807, 2.05) is 24.3 Å². The van der Waals surface area contributed by atoms with Gasteiger partial charge in [0.15, 0.2) is 0 Å². The third-order valence-corrected chi connectivity index (χ3v) is 2.31. The fourth-order valence-electron chi connectivity index (χ4n) is 1.55. The SMILES string of the molecule is COC(=O)Cc1cncc2ccccc12. The van der Waals surface area contributed by atoms with Gasteiger partial charge in [0.05, 0.1) is 13.5 Å². The Hall–Kier alpha value is -1.90. The van der Waals surface area contributed by atoms with E-state index >= 15 is 0 Å². The van der Waals surface area contributed by atoms with Gasteiger partial charge in [0.25, 0.3) is 0 Å². The highest BCUT2D eigenvalue weighted by Crippen LogP contribution is 2.17. The zero-order valence-corrected chi connectivity index (χ0v) is 8.43. The highest BCUT2D eigenvalue weighted by Gasteiger charge is 2.06. The number of ether oxygens (including phenoxy) is 1. The number of carbonyl (C=O) groups excluding carboxylic acids is 1. The van der Waals surface area contributed by atoms with Gasteiger partial charge in [0, 0.05) is 17.8 Å². The predicted octanol–water partition coefficient (Wildman–Crippen LogP) is 1.95. The van der Waals surface area contributed by atoms with Gasteiger partial charge in [-0.15, -0.1) is 0 Å². The number of benzene rings is 1. The number of methoxy groups -OCH3 is 1. The minimum Gasteiger partial charge on any atom is -0.469 e. The van der Waals surface area contributed by atoms with Crippen LogP contribution >= 0.6 is 0 Å². The Balaban J connectivity index is 2.46. The van der Waals surface area contributed by atoms with Crippen LogP contribution in [-0.4, -0.2) is 18.1 Å². The Morgan fingerprint density at radius 3 is 2.93 bits per heavy atom. The number of aromatic nitrogens is 1. The van der Waals surface area contributed by atoms with Gasteiger partial charge >= 0.3 is 5.97 Å². The van der Waals surface area contributed by atoms with Crippen molar-refractivity contribution in [3.63, 3.8) is 0 Å². The molecular formula is C12H11NO2. The molecule has 0 aliphatic carbocycles. The maximum absolute atomic E-state index is 11.2. The van der Waals surface area contributed by atoms with Crippen LogP contribution in [0.2, 0.25) is 0 Å². The van der Waals surface area contributed by atoms with E-state index < -0.39 is 0 Å². The Labute approximate surface area is 87.7 Å². The quantitative estimate of drug-likeness (QED) is 0.697. The van der Waals surface area contributed by atoms with E-state index in [2.05, 4.69) is 9.72 Å². The molecule has 0 fully saturated rings. The molecule has 2 rings (SSSR count). The molecule has 15 heavy (non-hydrogen) atoms. The lowest BCUT2D eigenvalue weighted by atomic mass is 10.1. The lowest BCUT2D eigenvalue weighted by Gasteiger charge is -2.04. The van der Waals surface area contributed by atoms with Crippen molar-refractivity contribution in [3.8, 4) is 0 Å². The summed E-state index contributed by atoms with van der Waals surface area (Å²) >= 11 is 0. The largest absolute Gasteiger partial charge is 0.469 e. The van der Waals surface area contributed by atoms with Crippen LogP contribution in [0.1, 0.15) is 5.56 Å². The van der Waals surface area contributed by atoms with Gasteiger partial charge in [-0.2, -0.15) is 0 Å². The summed E-state index contributed by atoms with van der Waals surface area (Å²) in [7, 11) is 1.39. The van der Waals surface area contributed by atoms with Gasteiger partial charge in [0.1, 0.15) is 0 Å². The predicted molar refractivity (Wildman–Crippen MR) is 57.5 cm³/mol. The van der Waals surface area contributed by atoms with Gasteiger partial charge < -0.3 is 4.74 Å². The number of hydrogen-bond donors (Lipinski definition) is 0. The van der Waals surface area contributed by atoms with Crippen molar-refractivity contribution in [2.24, 2.45) is 0 Å². The maximum atomic E-state index is 11.2. The third-order valence-electron chi connectivity index (χ3n) is 2.31. The fourth-order valence-corrected chi connectivity index (χ4v) is 1.55. The summed E-state index contributed by atoms with van der Waals surface area (Å²) in [5.41, 5.74) is 0.903. The molecule has 1 aromatic carbocycles. The standard InChI is InChI=1S/C12H11NO2/c1-15-12(14)6-10-8-13-7-9-4-2-3-5-11(9)10/h2-5,7-8H,6H2,1H3. The molecule has 0 amide bonds. The van der Waals surface area contributed by atoms with Crippen molar-refractivity contribution in [2.45, 2.75) is 6.42 Å². The van der Waals surface area contributed by atoms with Crippen LogP contribution in [0.5, 0.6) is 0 Å². The van der Waals surface area contributed by atoms with Crippen LogP contribution in [0.4, 0.5) is 0 Å². The molecule has 0 aliphatic rings. The monoisotopic (exact) mass is 201 g/mol. The van der Waals surface area contributed by atoms with Crippen molar-refractivity contribution in [1.29, 1.82) is 0 Å². The minimum absolute atomic E-state index is 0.242. The second kappa shape index (κ2) is 4.09. The van der Waals surface area contributed by atoms with E-state index in [4.69, 9.17) is 0 Å². The second-order valence-electron chi connectivity index (χ2n) is 3.27. The molecule has 0 atom stereocenters. The van der Waals surface area contributed by atoms with Crippen LogP contribution in [-0.2, 0) is 16.0 Å². The van der Waals surface area contributed by atoms with Crippen molar-refractivity contribution in [3.05, 3.63) is 42.2 Å². The summed E-state index contributed by atoms with van der Waals surface area (Å²) < 4.78 is 4.64. The molecular weight excluding hydrogens is 190 g/mol. The zero-order chi connectivity index (χ0) is 10.7. The molecule has 0 saturated carbocycles. The topological polar surface area (TPSA) is 39.2 Å². The number of hydrogen-bond acceptors (Lipinski definition) is 3. The van der Waals surface area contributed by atoms with E-state index in [1.165, 1.54) is 7.11 Å². The minimum atomic E-state index is -0.242. The summed E-state index contributed by atoms with van der Waals surface area (Å²) in [6.07, 6.45) is 3.76. The number of rotatable bonds is 2. The summed E-state index contributed by atoms with van der Waals surface area (Å²) in [4.78, 5) is 15.3. The summed E-state index contributed by atoms with van der Waals surface area (Å²) in [6, 6.07) is 7.85. The molecule has 0 spiro atoms. The zero-order valence-electron chi connectivity index (χ0n) is 8.43.